The molecule has 2 aromatic heterocycles. The van der Waals surface area contributed by atoms with Crippen LogP contribution in [0.2, 0.25) is 0 Å². The number of carbonyl (C=O) groups is 3. The second-order valence-electron chi connectivity index (χ2n) is 15.3. The van der Waals surface area contributed by atoms with Gasteiger partial charge in [0.2, 0.25) is 5.60 Å². The summed E-state index contributed by atoms with van der Waals surface area (Å²) in [6.07, 6.45) is -4.81. The first-order valence-electron chi connectivity index (χ1n) is 19.3. The number of para-hydroxylation sites is 1. The SMILES string of the molecule is CCCC1N(C(=O)c2ncccc2C(F)(F)F)CCCC1(Oc1csc(C(F)(F)F)c1)C(=O)N1CCC(C#N)(c2ccccc2OCCCC2(C(=O)O)CCC2)CC1. The number of carboxylic acid groups (broad SMARTS) is 1. The first kappa shape index (κ1) is 42.7. The lowest BCUT2D eigenvalue weighted by atomic mass is 9.66. The minimum atomic E-state index is -4.92. The number of piperidine rings is 2. The number of likely N-dealkylation sites (tertiary alicyclic amines) is 2. The highest BCUT2D eigenvalue weighted by Gasteiger charge is 2.57. The number of hydrogen-bond acceptors (Lipinski definition) is 8. The second-order valence-corrected chi connectivity index (χ2v) is 16.2. The van der Waals surface area contributed by atoms with E-state index in [0.29, 0.717) is 54.8 Å². The predicted octanol–water partition coefficient (Wildman–Crippen LogP) is 8.90. The Kier molecular flexibility index (Phi) is 12.4. The normalized spacial score (nSPS) is 21.7. The van der Waals surface area contributed by atoms with Crippen LogP contribution >= 0.6 is 11.3 Å². The zero-order valence-corrected chi connectivity index (χ0v) is 32.6. The van der Waals surface area contributed by atoms with Gasteiger partial charge in [0.25, 0.3) is 11.8 Å². The van der Waals surface area contributed by atoms with Gasteiger partial charge in [-0.2, -0.15) is 31.6 Å². The first-order valence-corrected chi connectivity index (χ1v) is 20.2. The van der Waals surface area contributed by atoms with Gasteiger partial charge in [0.05, 0.1) is 35.1 Å². The quantitative estimate of drug-likeness (QED) is 0.133. The number of ether oxygens (including phenoxy) is 2. The van der Waals surface area contributed by atoms with Gasteiger partial charge in [-0.05, 0) is 69.6 Å². The fraction of sp³-hybridized carbons (Fsp3) is 0.537. The lowest BCUT2D eigenvalue weighted by Crippen LogP contribution is -2.68. The lowest BCUT2D eigenvalue weighted by molar-refractivity contribution is -0.160. The van der Waals surface area contributed by atoms with Crippen LogP contribution in [0.15, 0.2) is 54.0 Å². The Balaban J connectivity index is 1.28. The predicted molar refractivity (Wildman–Crippen MR) is 199 cm³/mol. The molecule has 2 amide bonds. The molecule has 0 spiro atoms. The molecule has 3 aliphatic rings. The van der Waals surface area contributed by atoms with Gasteiger partial charge in [-0.15, -0.1) is 11.3 Å². The summed E-state index contributed by atoms with van der Waals surface area (Å²) in [6, 6.07) is 10.8. The molecule has 1 aliphatic carbocycles. The van der Waals surface area contributed by atoms with E-state index >= 15 is 4.79 Å². The fourth-order valence-corrected chi connectivity index (χ4v) is 9.31. The van der Waals surface area contributed by atoms with E-state index in [1.807, 2.05) is 0 Å². The van der Waals surface area contributed by atoms with Crippen molar-refractivity contribution < 1.29 is 55.3 Å². The molecule has 0 radical (unpaired) electrons. The lowest BCUT2D eigenvalue weighted by Gasteiger charge is -2.51. The second kappa shape index (κ2) is 16.8. The standard InChI is InChI=1S/C41H44F6N4O6S/c1-2-9-31-39(57-27-24-32(58-25-27)41(45,46)47,16-7-20-51(31)34(52)33-29(40(42,43)44)11-5-19-49-33)35(53)50-21-17-38(26-48,18-22-50)28-10-3-4-12-30(28)56-23-8-15-37(36(54)55)13-6-14-37/h3-5,10-12,19,24-25,31H,2,6-9,13-18,20-23H2,1H3,(H,54,55). The molecule has 58 heavy (non-hydrogen) atoms. The van der Waals surface area contributed by atoms with Gasteiger partial charge < -0.3 is 24.4 Å². The maximum absolute atomic E-state index is 15.0. The Morgan fingerprint density at radius 1 is 0.983 bits per heavy atom. The molecule has 3 fully saturated rings. The zero-order valence-electron chi connectivity index (χ0n) is 31.8. The van der Waals surface area contributed by atoms with Crippen molar-refractivity contribution in [1.82, 2.24) is 14.8 Å². The Bertz CT molecular complexity index is 2020. The summed E-state index contributed by atoms with van der Waals surface area (Å²) >= 11 is 0.365. The third-order valence-electron chi connectivity index (χ3n) is 11.9. The fourth-order valence-electron chi connectivity index (χ4n) is 8.63. The van der Waals surface area contributed by atoms with Gasteiger partial charge in [-0.1, -0.05) is 38.0 Å². The summed E-state index contributed by atoms with van der Waals surface area (Å²) in [4.78, 5) is 46.4. The Labute approximate surface area is 335 Å². The van der Waals surface area contributed by atoms with Crippen LogP contribution in [0.4, 0.5) is 26.3 Å². The highest BCUT2D eigenvalue weighted by molar-refractivity contribution is 7.10. The highest BCUT2D eigenvalue weighted by atomic mass is 32.1. The number of rotatable bonds is 13. The van der Waals surface area contributed by atoms with Crippen molar-refractivity contribution in [3.05, 3.63) is 75.7 Å². The number of thiophene rings is 1. The minimum Gasteiger partial charge on any atom is -0.493 e. The van der Waals surface area contributed by atoms with Crippen molar-refractivity contribution in [2.45, 2.75) is 107 Å². The highest BCUT2D eigenvalue weighted by Crippen LogP contribution is 2.47. The number of benzene rings is 1. The van der Waals surface area contributed by atoms with Crippen LogP contribution in [0, 0.1) is 16.7 Å². The van der Waals surface area contributed by atoms with E-state index in [0.717, 1.165) is 41.1 Å². The number of aliphatic carboxylic acids is 1. The summed E-state index contributed by atoms with van der Waals surface area (Å²) in [5.74, 6) is -2.36. The van der Waals surface area contributed by atoms with Crippen molar-refractivity contribution in [2.24, 2.45) is 5.41 Å². The molecule has 1 aromatic carbocycles. The largest absolute Gasteiger partial charge is 0.493 e. The van der Waals surface area contributed by atoms with Crippen LogP contribution in [0.1, 0.15) is 104 Å². The number of nitriles is 1. The Morgan fingerprint density at radius 3 is 2.31 bits per heavy atom. The number of carbonyl (C=O) groups excluding carboxylic acids is 2. The van der Waals surface area contributed by atoms with E-state index < -0.39 is 68.7 Å². The van der Waals surface area contributed by atoms with Crippen LogP contribution < -0.4 is 9.47 Å². The number of carboxylic acids is 1. The molecule has 17 heteroatoms. The smallest absolute Gasteiger partial charge is 0.425 e. The van der Waals surface area contributed by atoms with Crippen LogP contribution in [0.3, 0.4) is 0 Å². The van der Waals surface area contributed by atoms with Crippen LogP contribution in [0.25, 0.3) is 0 Å². The Hall–Kier alpha value is -4.85. The van der Waals surface area contributed by atoms with Gasteiger partial charge in [-0.3, -0.25) is 19.4 Å². The molecule has 4 heterocycles. The average Bonchev–Trinajstić information content (AvgIpc) is 3.66. The van der Waals surface area contributed by atoms with Crippen molar-refractivity contribution in [3.63, 3.8) is 0 Å². The third-order valence-corrected chi connectivity index (χ3v) is 12.8. The number of amides is 2. The summed E-state index contributed by atoms with van der Waals surface area (Å²) in [5.41, 5.74) is -5.37. The van der Waals surface area contributed by atoms with E-state index in [2.05, 4.69) is 11.1 Å². The van der Waals surface area contributed by atoms with Crippen molar-refractivity contribution in [3.8, 4) is 17.6 Å². The third kappa shape index (κ3) is 8.35. The molecule has 0 bridgehead atoms. The Morgan fingerprint density at radius 2 is 1.71 bits per heavy atom. The van der Waals surface area contributed by atoms with E-state index in [9.17, 15) is 46.3 Å². The van der Waals surface area contributed by atoms with Gasteiger partial charge in [-0.25, -0.2) is 0 Å². The molecular weight excluding hydrogens is 791 g/mol. The molecule has 6 rings (SSSR count). The van der Waals surface area contributed by atoms with E-state index in [1.165, 1.54) is 4.90 Å². The van der Waals surface area contributed by atoms with Gasteiger partial charge in [0, 0.05) is 49.3 Å². The maximum Gasteiger partial charge on any atom is 0.425 e. The van der Waals surface area contributed by atoms with Crippen molar-refractivity contribution >= 4 is 29.1 Å². The van der Waals surface area contributed by atoms with E-state index in [-0.39, 0.29) is 64.1 Å². The summed E-state index contributed by atoms with van der Waals surface area (Å²) in [5, 5.41) is 21.5. The maximum atomic E-state index is 15.0. The molecule has 3 aromatic rings. The molecule has 2 unspecified atom stereocenters. The summed E-state index contributed by atoms with van der Waals surface area (Å²) < 4.78 is 96.0. The van der Waals surface area contributed by atoms with Gasteiger partial charge >= 0.3 is 18.3 Å². The number of pyridine rings is 1. The van der Waals surface area contributed by atoms with Crippen LogP contribution in [-0.4, -0.2) is 75.6 Å². The monoisotopic (exact) mass is 834 g/mol. The molecule has 2 aliphatic heterocycles. The number of aromatic nitrogens is 1. The van der Waals surface area contributed by atoms with Crippen LogP contribution in [-0.2, 0) is 27.4 Å². The molecular formula is C41H44F6N4O6S. The van der Waals surface area contributed by atoms with Crippen molar-refractivity contribution in [1.29, 1.82) is 5.26 Å². The van der Waals surface area contributed by atoms with Gasteiger partial charge in [0.15, 0.2) is 0 Å². The molecule has 1 N–H and O–H groups in total. The topological polar surface area (TPSA) is 133 Å². The average molecular weight is 835 g/mol. The summed E-state index contributed by atoms with van der Waals surface area (Å²) in [6.45, 7) is 1.94. The van der Waals surface area contributed by atoms with Gasteiger partial charge in [0.1, 0.15) is 22.1 Å². The molecule has 312 valence electrons. The van der Waals surface area contributed by atoms with Crippen LogP contribution in [0.5, 0.6) is 11.5 Å². The van der Waals surface area contributed by atoms with Crippen molar-refractivity contribution in [2.75, 3.05) is 26.2 Å². The number of hydrogen-bond donors (Lipinski definition) is 1. The number of halogens is 6. The molecule has 2 atom stereocenters. The minimum absolute atomic E-state index is 0.00958. The molecule has 2 saturated heterocycles. The molecule has 1 saturated carbocycles. The van der Waals surface area contributed by atoms with E-state index in [1.54, 1.807) is 31.2 Å². The first-order chi connectivity index (χ1) is 27.5. The zero-order chi connectivity index (χ0) is 41.9. The van der Waals surface area contributed by atoms with E-state index in [4.69, 9.17) is 9.47 Å². The number of nitrogens with zero attached hydrogens (tertiary/aromatic N) is 4. The summed E-state index contributed by atoms with van der Waals surface area (Å²) in [7, 11) is 0. The molecule has 10 nitrogen and oxygen atoms in total. The number of alkyl halides is 6.